The maximum Gasteiger partial charge on any atom is 0.417 e. The van der Waals surface area contributed by atoms with Gasteiger partial charge >= 0.3 is 12.1 Å². The molecule has 1 aliphatic rings. The molecule has 31 heavy (non-hydrogen) atoms. The average Bonchev–Trinajstić information content (AvgIpc) is 2.84. The van der Waals surface area contributed by atoms with E-state index in [9.17, 15) is 27.2 Å². The van der Waals surface area contributed by atoms with Gasteiger partial charge in [0.05, 0.1) is 22.9 Å². The van der Waals surface area contributed by atoms with E-state index in [4.69, 9.17) is 17.5 Å². The summed E-state index contributed by atoms with van der Waals surface area (Å²) in [5.41, 5.74) is -0.315. The van der Waals surface area contributed by atoms with Gasteiger partial charge in [-0.3, -0.25) is 15.4 Å². The Labute approximate surface area is 179 Å². The van der Waals surface area contributed by atoms with Gasteiger partial charge in [0.1, 0.15) is 16.9 Å². The lowest BCUT2D eigenvalue weighted by Crippen LogP contribution is -2.57. The van der Waals surface area contributed by atoms with Crippen LogP contribution in [0.2, 0.25) is 0 Å². The maximum atomic E-state index is 14.3. The van der Waals surface area contributed by atoms with Crippen LogP contribution in [-0.2, 0) is 11.0 Å². The minimum absolute atomic E-state index is 0.137. The van der Waals surface area contributed by atoms with Crippen LogP contribution in [0, 0.1) is 17.1 Å². The molecule has 1 fully saturated rings. The molecule has 6 nitrogen and oxygen atoms in total. The van der Waals surface area contributed by atoms with E-state index in [1.54, 1.807) is 0 Å². The molecular weight excluding hydrogens is 436 g/mol. The molecule has 1 heterocycles. The van der Waals surface area contributed by atoms with E-state index in [1.165, 1.54) is 43.0 Å². The number of benzene rings is 2. The summed E-state index contributed by atoms with van der Waals surface area (Å²) < 4.78 is 54.4. The number of carbonyl (C=O) groups is 2. The van der Waals surface area contributed by atoms with Gasteiger partial charge in [-0.2, -0.15) is 18.4 Å². The number of alkyl halides is 3. The van der Waals surface area contributed by atoms with Crippen molar-refractivity contribution in [1.82, 2.24) is 0 Å². The number of nitrogens with zero attached hydrogens (tertiary/aromatic N) is 3. The van der Waals surface area contributed by atoms with E-state index < -0.39 is 40.5 Å². The van der Waals surface area contributed by atoms with Crippen LogP contribution >= 0.6 is 12.2 Å². The molecule has 2 aromatic rings. The topological polar surface area (TPSA) is 92.1 Å². The molecule has 0 aromatic heterocycles. The molecular formula is C20H15F4N4O2S+. The molecule has 0 bridgehead atoms. The van der Waals surface area contributed by atoms with Gasteiger partial charge in [-0.25, -0.2) is 9.18 Å². The Morgan fingerprint density at radius 3 is 2.29 bits per heavy atom. The van der Waals surface area contributed by atoms with Crippen LogP contribution in [0.3, 0.4) is 0 Å². The highest BCUT2D eigenvalue weighted by atomic mass is 32.1. The molecule has 3 rings (SSSR count). The van der Waals surface area contributed by atoms with Crippen molar-refractivity contribution in [2.45, 2.75) is 25.6 Å². The third-order valence-corrected chi connectivity index (χ3v) is 5.23. The molecule has 0 unspecified atom stereocenters. The van der Waals surface area contributed by atoms with E-state index in [-0.39, 0.29) is 22.1 Å². The highest BCUT2D eigenvalue weighted by Gasteiger charge is 2.50. The third kappa shape index (κ3) is 3.64. The number of quaternary nitrogens is 1. The Bertz CT molecular complexity index is 1170. The maximum absolute atomic E-state index is 14.3. The van der Waals surface area contributed by atoms with Crippen LogP contribution in [0.25, 0.3) is 0 Å². The van der Waals surface area contributed by atoms with Gasteiger partial charge in [0.25, 0.3) is 5.91 Å². The summed E-state index contributed by atoms with van der Waals surface area (Å²) >= 11 is 5.36. The molecule has 160 valence electrons. The number of thiocarbonyl (C=S) groups is 1. The number of rotatable bonds is 3. The van der Waals surface area contributed by atoms with Crippen molar-refractivity contribution in [3.8, 4) is 6.07 Å². The van der Waals surface area contributed by atoms with E-state index in [0.717, 1.165) is 17.0 Å². The number of hydrogen-bond acceptors (Lipinski definition) is 4. The lowest BCUT2D eigenvalue weighted by molar-refractivity contribution is -0.255. The highest BCUT2D eigenvalue weighted by Crippen LogP contribution is 2.39. The highest BCUT2D eigenvalue weighted by molar-refractivity contribution is 7.81. The Morgan fingerprint density at radius 1 is 1.16 bits per heavy atom. The molecule has 0 saturated carbocycles. The van der Waals surface area contributed by atoms with Crippen molar-refractivity contribution >= 4 is 40.5 Å². The van der Waals surface area contributed by atoms with Gasteiger partial charge in [0.15, 0.2) is 5.11 Å². The molecule has 2 amide bonds. The molecule has 11 heteroatoms. The van der Waals surface area contributed by atoms with Gasteiger partial charge in [-0.15, -0.1) is 0 Å². The van der Waals surface area contributed by atoms with Crippen LogP contribution in [0.5, 0.6) is 0 Å². The number of anilines is 2. The summed E-state index contributed by atoms with van der Waals surface area (Å²) in [5, 5.41) is 8.79. The van der Waals surface area contributed by atoms with Crippen LogP contribution < -0.4 is 15.5 Å². The first kappa shape index (κ1) is 22.3. The van der Waals surface area contributed by atoms with Crippen LogP contribution in [0.1, 0.15) is 35.3 Å². The Balaban J connectivity index is 2.12. The Hall–Kier alpha value is -3.36. The first-order chi connectivity index (χ1) is 14.3. The largest absolute Gasteiger partial charge is 0.417 e. The normalized spacial score (nSPS) is 15.9. The number of carbonyl (C=O) groups excluding carboxylic acids is 2. The van der Waals surface area contributed by atoms with Gasteiger partial charge < -0.3 is 4.90 Å². The van der Waals surface area contributed by atoms with Gasteiger partial charge in [-0.05, 0) is 62.5 Å². The number of nitriles is 1. The molecule has 0 aliphatic carbocycles. The summed E-state index contributed by atoms with van der Waals surface area (Å²) in [6.07, 6.45) is -4.82. The zero-order chi connectivity index (χ0) is 23.3. The van der Waals surface area contributed by atoms with Gasteiger partial charge in [-0.1, -0.05) is 0 Å². The van der Waals surface area contributed by atoms with Crippen molar-refractivity contribution in [3.05, 3.63) is 58.9 Å². The number of amides is 2. The zero-order valence-corrected chi connectivity index (χ0v) is 17.1. The Morgan fingerprint density at radius 2 is 1.77 bits per heavy atom. The summed E-state index contributed by atoms with van der Waals surface area (Å²) in [6.45, 7) is 2.96. The first-order valence-corrected chi connectivity index (χ1v) is 9.17. The van der Waals surface area contributed by atoms with E-state index >= 15 is 0 Å². The predicted molar refractivity (Wildman–Crippen MR) is 106 cm³/mol. The smallest absolute Gasteiger partial charge is 0.303 e. The minimum atomic E-state index is -4.82. The summed E-state index contributed by atoms with van der Waals surface area (Å²) in [7, 11) is 0. The Kier molecular flexibility index (Phi) is 5.33. The van der Waals surface area contributed by atoms with Gasteiger partial charge in [0, 0.05) is 5.69 Å². The standard InChI is InChI=1S/C20H14F4N4O2S/c1-19(2)17(30)27(11-4-3-10(9-25)14(7-11)20(22,23)24)18(31)28(19)12-5-6-13(16(26)29)15(21)8-12/h3-8H,1-2H3,(H2,26,29)/p+1. The predicted octanol–water partition coefficient (Wildman–Crippen LogP) is 3.01. The molecule has 3 N–H and O–H groups in total. The second kappa shape index (κ2) is 7.40. The molecule has 0 spiro atoms. The van der Waals surface area contributed by atoms with E-state index in [1.807, 2.05) is 0 Å². The first-order valence-electron chi connectivity index (χ1n) is 8.76. The lowest BCUT2D eigenvalue weighted by atomic mass is 10.0. The van der Waals surface area contributed by atoms with Gasteiger partial charge in [0.2, 0.25) is 0 Å². The van der Waals surface area contributed by atoms with Crippen molar-refractivity contribution in [2.24, 2.45) is 0 Å². The van der Waals surface area contributed by atoms with Crippen LogP contribution in [0.15, 0.2) is 36.4 Å². The summed E-state index contributed by atoms with van der Waals surface area (Å²) in [5.74, 6) is -2.25. The van der Waals surface area contributed by atoms with E-state index in [0.29, 0.717) is 6.07 Å². The van der Waals surface area contributed by atoms with Crippen LogP contribution in [0.4, 0.5) is 28.9 Å². The molecule has 1 saturated heterocycles. The molecule has 2 aromatic carbocycles. The van der Waals surface area contributed by atoms with Crippen molar-refractivity contribution < 1.29 is 32.9 Å². The van der Waals surface area contributed by atoms with Crippen molar-refractivity contribution in [3.63, 3.8) is 0 Å². The molecule has 1 aliphatic heterocycles. The fourth-order valence-corrected chi connectivity index (χ4v) is 3.85. The van der Waals surface area contributed by atoms with Crippen molar-refractivity contribution in [1.29, 1.82) is 5.26 Å². The quantitative estimate of drug-likeness (QED) is 0.572. The molecule has 0 radical (unpaired) electrons. The monoisotopic (exact) mass is 451 g/mol. The average molecular weight is 451 g/mol. The fraction of sp³-hybridized carbons (Fsp3) is 0.200. The van der Waals surface area contributed by atoms with Crippen molar-refractivity contribution in [2.75, 3.05) is 9.80 Å². The minimum Gasteiger partial charge on any atom is -0.303 e. The summed E-state index contributed by atoms with van der Waals surface area (Å²) in [6, 6.07) is 7.85. The van der Waals surface area contributed by atoms with Crippen LogP contribution in [-0.4, -0.2) is 22.5 Å². The third-order valence-electron chi connectivity index (χ3n) is 4.87. The fourth-order valence-electron chi connectivity index (χ4n) is 3.33. The second-order valence-electron chi connectivity index (χ2n) is 7.24. The SMILES string of the molecule is CC1(C)C(=O)N(c2ccc(C#N)c(C(F)(F)F)c2)C(=S)N1c1ccc(C([NH3+])=O)c(F)c1. The summed E-state index contributed by atoms with van der Waals surface area (Å²) in [4.78, 5) is 26.7. The zero-order valence-electron chi connectivity index (χ0n) is 16.2. The second-order valence-corrected chi connectivity index (χ2v) is 7.61. The molecule has 0 atom stereocenters. The number of halogens is 4. The number of hydrogen-bond donors (Lipinski definition) is 1. The lowest BCUT2D eigenvalue weighted by Gasteiger charge is -2.29. The van der Waals surface area contributed by atoms with E-state index in [2.05, 4.69) is 5.73 Å².